The molecule has 0 saturated carbocycles. The zero-order chi connectivity index (χ0) is 17.2. The van der Waals surface area contributed by atoms with Crippen LogP contribution in [0.15, 0.2) is 53.4 Å². The molecule has 3 rings (SSSR count). The second-order valence-electron chi connectivity index (χ2n) is 5.42. The zero-order valence-electron chi connectivity index (χ0n) is 13.2. The number of methoxy groups -OCH3 is 1. The Morgan fingerprint density at radius 3 is 2.54 bits per heavy atom. The Kier molecular flexibility index (Phi) is 4.84. The molecule has 1 atom stereocenters. The maximum atomic E-state index is 13.9. The number of ether oxygens (including phenoxy) is 2. The molecule has 5 nitrogen and oxygen atoms in total. The predicted molar refractivity (Wildman–Crippen MR) is 86.8 cm³/mol. The van der Waals surface area contributed by atoms with Crippen LogP contribution < -0.4 is 4.74 Å². The molecule has 1 heterocycles. The van der Waals surface area contributed by atoms with Crippen LogP contribution >= 0.6 is 0 Å². The SMILES string of the molecule is COc1ccc(S(=O)(=O)N2CCOC(c3ccccc3F)C2)cc1. The summed E-state index contributed by atoms with van der Waals surface area (Å²) in [4.78, 5) is 0.178. The van der Waals surface area contributed by atoms with Crippen LogP contribution in [-0.4, -0.2) is 39.5 Å². The first kappa shape index (κ1) is 16.9. The molecule has 0 bridgehead atoms. The Morgan fingerprint density at radius 1 is 1.17 bits per heavy atom. The maximum Gasteiger partial charge on any atom is 0.243 e. The van der Waals surface area contributed by atoms with Crippen molar-refractivity contribution in [3.8, 4) is 5.75 Å². The van der Waals surface area contributed by atoms with Crippen LogP contribution in [0.5, 0.6) is 5.75 Å². The van der Waals surface area contributed by atoms with E-state index in [2.05, 4.69) is 0 Å². The standard InChI is InChI=1S/C17H18FNO4S/c1-22-13-6-8-14(9-7-13)24(20,21)19-10-11-23-17(12-19)15-4-2-3-5-16(15)18/h2-9,17H,10-12H2,1H3. The van der Waals surface area contributed by atoms with Crippen molar-refractivity contribution in [3.63, 3.8) is 0 Å². The maximum absolute atomic E-state index is 13.9. The number of benzene rings is 2. The van der Waals surface area contributed by atoms with Gasteiger partial charge in [0, 0.05) is 18.7 Å². The number of nitrogens with zero attached hydrogens (tertiary/aromatic N) is 1. The lowest BCUT2D eigenvalue weighted by molar-refractivity contribution is -0.00442. The van der Waals surface area contributed by atoms with E-state index >= 15 is 0 Å². The summed E-state index contributed by atoms with van der Waals surface area (Å²) in [5.74, 6) is 0.186. The zero-order valence-corrected chi connectivity index (χ0v) is 14.0. The third kappa shape index (κ3) is 3.28. The summed E-state index contributed by atoms with van der Waals surface area (Å²) >= 11 is 0. The van der Waals surface area contributed by atoms with E-state index in [1.54, 1.807) is 30.3 Å². The molecule has 7 heteroatoms. The third-order valence-electron chi connectivity index (χ3n) is 3.98. The smallest absolute Gasteiger partial charge is 0.243 e. The molecule has 128 valence electrons. The third-order valence-corrected chi connectivity index (χ3v) is 5.86. The Morgan fingerprint density at radius 2 is 1.88 bits per heavy atom. The largest absolute Gasteiger partial charge is 0.497 e. The number of rotatable bonds is 4. The second kappa shape index (κ2) is 6.88. The van der Waals surface area contributed by atoms with Crippen LogP contribution in [0.25, 0.3) is 0 Å². The molecule has 0 aromatic heterocycles. The van der Waals surface area contributed by atoms with Gasteiger partial charge < -0.3 is 9.47 Å². The van der Waals surface area contributed by atoms with Crippen molar-refractivity contribution in [3.05, 3.63) is 59.9 Å². The van der Waals surface area contributed by atoms with Crippen LogP contribution in [0.3, 0.4) is 0 Å². The minimum absolute atomic E-state index is 0.0787. The molecule has 2 aromatic carbocycles. The molecule has 1 saturated heterocycles. The summed E-state index contributed by atoms with van der Waals surface area (Å²) < 4.78 is 51.5. The molecule has 2 aromatic rings. The summed E-state index contributed by atoms with van der Waals surface area (Å²) in [5.41, 5.74) is 0.368. The minimum Gasteiger partial charge on any atom is -0.497 e. The highest BCUT2D eigenvalue weighted by Crippen LogP contribution is 2.28. The topological polar surface area (TPSA) is 55.8 Å². The first-order valence-electron chi connectivity index (χ1n) is 7.52. The summed E-state index contributed by atoms with van der Waals surface area (Å²) in [6.07, 6.45) is -0.618. The fourth-order valence-corrected chi connectivity index (χ4v) is 4.09. The molecule has 0 radical (unpaired) electrons. The molecule has 0 N–H and O–H groups in total. The van der Waals surface area contributed by atoms with Gasteiger partial charge in [-0.05, 0) is 30.3 Å². The summed E-state index contributed by atoms with van der Waals surface area (Å²) in [7, 11) is -2.15. The molecule has 0 amide bonds. The van der Waals surface area contributed by atoms with Gasteiger partial charge in [0.15, 0.2) is 0 Å². The van der Waals surface area contributed by atoms with Crippen LogP contribution in [0.2, 0.25) is 0 Å². The van der Waals surface area contributed by atoms with E-state index in [4.69, 9.17) is 9.47 Å². The second-order valence-corrected chi connectivity index (χ2v) is 7.36. The van der Waals surface area contributed by atoms with Gasteiger partial charge in [-0.2, -0.15) is 4.31 Å². The van der Waals surface area contributed by atoms with E-state index in [9.17, 15) is 12.8 Å². The van der Waals surface area contributed by atoms with E-state index in [0.29, 0.717) is 11.3 Å². The highest BCUT2D eigenvalue weighted by atomic mass is 32.2. The van der Waals surface area contributed by atoms with Crippen LogP contribution in [0.4, 0.5) is 4.39 Å². The molecule has 1 fully saturated rings. The normalized spacial score (nSPS) is 19.2. The van der Waals surface area contributed by atoms with Gasteiger partial charge in [0.05, 0.1) is 24.7 Å². The van der Waals surface area contributed by atoms with Crippen molar-refractivity contribution >= 4 is 10.0 Å². The van der Waals surface area contributed by atoms with E-state index in [1.807, 2.05) is 0 Å². The predicted octanol–water partition coefficient (Wildman–Crippen LogP) is 2.60. The number of sulfonamides is 1. The highest BCUT2D eigenvalue weighted by Gasteiger charge is 2.32. The molecule has 1 aliphatic heterocycles. The summed E-state index contributed by atoms with van der Waals surface area (Å²) in [6, 6.07) is 12.5. The lowest BCUT2D eigenvalue weighted by Gasteiger charge is -2.32. The van der Waals surface area contributed by atoms with Crippen molar-refractivity contribution in [2.24, 2.45) is 0 Å². The van der Waals surface area contributed by atoms with Gasteiger partial charge in [0.25, 0.3) is 0 Å². The van der Waals surface area contributed by atoms with Gasteiger partial charge in [-0.3, -0.25) is 0 Å². The molecule has 1 unspecified atom stereocenters. The Labute approximate surface area is 140 Å². The fraction of sp³-hybridized carbons (Fsp3) is 0.294. The molecular weight excluding hydrogens is 333 g/mol. The number of hydrogen-bond donors (Lipinski definition) is 0. The lowest BCUT2D eigenvalue weighted by Crippen LogP contribution is -2.42. The molecule has 1 aliphatic rings. The average Bonchev–Trinajstić information content (AvgIpc) is 2.62. The highest BCUT2D eigenvalue weighted by molar-refractivity contribution is 7.89. The van der Waals surface area contributed by atoms with E-state index in [-0.39, 0.29) is 24.6 Å². The van der Waals surface area contributed by atoms with E-state index in [1.165, 1.54) is 29.6 Å². The van der Waals surface area contributed by atoms with E-state index in [0.717, 1.165) is 0 Å². The van der Waals surface area contributed by atoms with Crippen molar-refractivity contribution in [2.75, 3.05) is 26.8 Å². The number of hydrogen-bond acceptors (Lipinski definition) is 4. The lowest BCUT2D eigenvalue weighted by atomic mass is 10.1. The number of morpholine rings is 1. The molecule has 24 heavy (non-hydrogen) atoms. The van der Waals surface area contributed by atoms with Crippen molar-refractivity contribution in [1.29, 1.82) is 0 Å². The van der Waals surface area contributed by atoms with Gasteiger partial charge in [0.2, 0.25) is 10.0 Å². The molecule has 0 spiro atoms. The Bertz CT molecular complexity index is 808. The molecule has 0 aliphatic carbocycles. The van der Waals surface area contributed by atoms with Gasteiger partial charge in [0.1, 0.15) is 11.6 Å². The Hall–Kier alpha value is -1.96. The van der Waals surface area contributed by atoms with Crippen LogP contribution in [0.1, 0.15) is 11.7 Å². The van der Waals surface area contributed by atoms with Crippen molar-refractivity contribution in [2.45, 2.75) is 11.0 Å². The first-order valence-corrected chi connectivity index (χ1v) is 8.96. The Balaban J connectivity index is 1.84. The summed E-state index contributed by atoms with van der Waals surface area (Å²) in [5, 5.41) is 0. The van der Waals surface area contributed by atoms with Gasteiger partial charge in [-0.1, -0.05) is 18.2 Å². The van der Waals surface area contributed by atoms with Crippen molar-refractivity contribution in [1.82, 2.24) is 4.31 Å². The molecular formula is C17H18FNO4S. The summed E-state index contributed by atoms with van der Waals surface area (Å²) in [6.45, 7) is 0.531. The quantitative estimate of drug-likeness (QED) is 0.850. The fourth-order valence-electron chi connectivity index (χ4n) is 2.67. The van der Waals surface area contributed by atoms with Gasteiger partial charge in [-0.15, -0.1) is 0 Å². The van der Waals surface area contributed by atoms with Crippen LogP contribution in [0, 0.1) is 5.82 Å². The van der Waals surface area contributed by atoms with Crippen LogP contribution in [-0.2, 0) is 14.8 Å². The first-order chi connectivity index (χ1) is 11.5. The minimum atomic E-state index is -3.67. The monoisotopic (exact) mass is 351 g/mol. The average molecular weight is 351 g/mol. The van der Waals surface area contributed by atoms with Gasteiger partial charge >= 0.3 is 0 Å². The van der Waals surface area contributed by atoms with Crippen molar-refractivity contribution < 1.29 is 22.3 Å². The van der Waals surface area contributed by atoms with Gasteiger partial charge in [-0.25, -0.2) is 12.8 Å². The van der Waals surface area contributed by atoms with E-state index < -0.39 is 21.9 Å². The number of halogens is 1.